The van der Waals surface area contributed by atoms with E-state index in [1.165, 1.54) is 0 Å². The van der Waals surface area contributed by atoms with Gasteiger partial charge in [-0.3, -0.25) is 4.57 Å². The lowest BCUT2D eigenvalue weighted by Crippen LogP contribution is -2.08. The van der Waals surface area contributed by atoms with Crippen LogP contribution in [0.4, 0.5) is 17.6 Å². The molecule has 100 valence electrons. The fourth-order valence-electron chi connectivity index (χ4n) is 1.61. The van der Waals surface area contributed by atoms with Gasteiger partial charge in [-0.15, -0.1) is 0 Å². The molecule has 1 aromatic carbocycles. The SMILES string of the molecule is Nc1nc(Nc2ccccc2Br)nc(-n2ccnc2)n1. The number of para-hydroxylation sites is 1. The number of nitrogen functional groups attached to an aromatic ring is 1. The quantitative estimate of drug-likeness (QED) is 0.763. The Morgan fingerprint density at radius 1 is 1.15 bits per heavy atom. The molecule has 3 N–H and O–H groups in total. The van der Waals surface area contributed by atoms with Crippen LogP contribution >= 0.6 is 15.9 Å². The number of anilines is 3. The summed E-state index contributed by atoms with van der Waals surface area (Å²) in [6.45, 7) is 0. The van der Waals surface area contributed by atoms with E-state index in [4.69, 9.17) is 5.73 Å². The van der Waals surface area contributed by atoms with Crippen molar-refractivity contribution < 1.29 is 0 Å². The van der Waals surface area contributed by atoms with Gasteiger partial charge in [0.15, 0.2) is 0 Å². The summed E-state index contributed by atoms with van der Waals surface area (Å²) in [6.07, 6.45) is 4.97. The Kier molecular flexibility index (Phi) is 3.30. The maximum Gasteiger partial charge on any atom is 0.241 e. The zero-order valence-corrected chi connectivity index (χ0v) is 11.8. The van der Waals surface area contributed by atoms with Crippen LogP contribution in [-0.4, -0.2) is 24.5 Å². The first kappa shape index (κ1) is 12.5. The van der Waals surface area contributed by atoms with Crippen molar-refractivity contribution in [1.29, 1.82) is 0 Å². The summed E-state index contributed by atoms with van der Waals surface area (Å²) in [7, 11) is 0. The van der Waals surface area contributed by atoms with Crippen LogP contribution in [0, 0.1) is 0 Å². The maximum atomic E-state index is 5.71. The van der Waals surface area contributed by atoms with Gasteiger partial charge in [0, 0.05) is 16.9 Å². The van der Waals surface area contributed by atoms with Crippen LogP contribution in [-0.2, 0) is 0 Å². The highest BCUT2D eigenvalue weighted by atomic mass is 79.9. The third-order valence-electron chi connectivity index (χ3n) is 2.50. The minimum Gasteiger partial charge on any atom is -0.368 e. The molecule has 0 aliphatic rings. The number of nitrogens with one attached hydrogen (secondary N) is 1. The summed E-state index contributed by atoms with van der Waals surface area (Å²) < 4.78 is 2.56. The van der Waals surface area contributed by atoms with Crippen LogP contribution in [0.3, 0.4) is 0 Å². The molecule has 0 atom stereocenters. The molecule has 0 aliphatic carbocycles. The minimum atomic E-state index is 0.137. The molecule has 0 fully saturated rings. The third-order valence-corrected chi connectivity index (χ3v) is 3.19. The van der Waals surface area contributed by atoms with Gasteiger partial charge in [0.25, 0.3) is 0 Å². The van der Waals surface area contributed by atoms with Crippen molar-refractivity contribution in [3.63, 3.8) is 0 Å². The number of hydrogen-bond donors (Lipinski definition) is 2. The number of halogens is 1. The second kappa shape index (κ2) is 5.25. The van der Waals surface area contributed by atoms with Gasteiger partial charge in [-0.1, -0.05) is 12.1 Å². The summed E-state index contributed by atoms with van der Waals surface area (Å²) in [4.78, 5) is 16.4. The first-order chi connectivity index (χ1) is 9.72. The predicted octanol–water partition coefficient (Wildman–Crippen LogP) is 2.15. The Morgan fingerprint density at radius 3 is 2.75 bits per heavy atom. The van der Waals surface area contributed by atoms with E-state index >= 15 is 0 Å². The van der Waals surface area contributed by atoms with Crippen molar-refractivity contribution in [2.75, 3.05) is 11.1 Å². The lowest BCUT2D eigenvalue weighted by Gasteiger charge is -2.08. The molecular weight excluding hydrogens is 322 g/mol. The molecule has 0 saturated heterocycles. The van der Waals surface area contributed by atoms with Crippen molar-refractivity contribution in [2.24, 2.45) is 0 Å². The molecule has 8 heteroatoms. The van der Waals surface area contributed by atoms with E-state index in [2.05, 4.69) is 41.2 Å². The largest absolute Gasteiger partial charge is 0.368 e. The summed E-state index contributed by atoms with van der Waals surface area (Å²) in [5.74, 6) is 0.913. The molecule has 0 bridgehead atoms. The first-order valence-corrected chi connectivity index (χ1v) is 6.53. The highest BCUT2D eigenvalue weighted by molar-refractivity contribution is 9.10. The van der Waals surface area contributed by atoms with Gasteiger partial charge in [0.05, 0.1) is 5.69 Å². The van der Waals surface area contributed by atoms with E-state index in [0.29, 0.717) is 11.9 Å². The lowest BCUT2D eigenvalue weighted by atomic mass is 10.3. The van der Waals surface area contributed by atoms with Crippen LogP contribution in [0.1, 0.15) is 0 Å². The Labute approximate surface area is 123 Å². The number of aromatic nitrogens is 5. The number of benzene rings is 1. The Bertz CT molecular complexity index is 726. The van der Waals surface area contributed by atoms with Crippen molar-refractivity contribution in [1.82, 2.24) is 24.5 Å². The molecule has 0 amide bonds. The second-order valence-corrected chi connectivity index (χ2v) is 4.75. The van der Waals surface area contributed by atoms with E-state index in [0.717, 1.165) is 10.2 Å². The van der Waals surface area contributed by atoms with Crippen molar-refractivity contribution >= 4 is 33.5 Å². The zero-order valence-electron chi connectivity index (χ0n) is 10.2. The van der Waals surface area contributed by atoms with Crippen LogP contribution in [0.25, 0.3) is 5.95 Å². The topological polar surface area (TPSA) is 94.5 Å². The van der Waals surface area contributed by atoms with Crippen molar-refractivity contribution in [3.05, 3.63) is 47.5 Å². The summed E-state index contributed by atoms with van der Waals surface area (Å²) in [6, 6.07) is 7.66. The number of rotatable bonds is 3. The van der Waals surface area contributed by atoms with E-state index < -0.39 is 0 Å². The van der Waals surface area contributed by atoms with Gasteiger partial charge in [-0.2, -0.15) is 15.0 Å². The Morgan fingerprint density at radius 2 is 2.00 bits per heavy atom. The lowest BCUT2D eigenvalue weighted by molar-refractivity contribution is 0.906. The second-order valence-electron chi connectivity index (χ2n) is 3.89. The number of imidazole rings is 1. The smallest absolute Gasteiger partial charge is 0.241 e. The average Bonchev–Trinajstić information content (AvgIpc) is 2.95. The summed E-state index contributed by atoms with van der Waals surface area (Å²) >= 11 is 3.45. The molecule has 0 spiro atoms. The number of nitrogens with two attached hydrogens (primary N) is 1. The molecular formula is C12H10BrN7. The van der Waals surface area contributed by atoms with Crippen molar-refractivity contribution in [3.8, 4) is 5.95 Å². The fraction of sp³-hybridized carbons (Fsp3) is 0. The average molecular weight is 332 g/mol. The normalized spacial score (nSPS) is 10.4. The van der Waals surface area contributed by atoms with E-state index in [-0.39, 0.29) is 5.95 Å². The van der Waals surface area contributed by atoms with E-state index in [9.17, 15) is 0 Å². The number of nitrogens with zero attached hydrogens (tertiary/aromatic N) is 5. The third kappa shape index (κ3) is 2.59. The maximum absolute atomic E-state index is 5.71. The zero-order chi connectivity index (χ0) is 13.9. The van der Waals surface area contributed by atoms with Crippen LogP contribution in [0.5, 0.6) is 0 Å². The predicted molar refractivity (Wildman–Crippen MR) is 78.8 cm³/mol. The van der Waals surface area contributed by atoms with Gasteiger partial charge in [-0.05, 0) is 28.1 Å². The van der Waals surface area contributed by atoms with Gasteiger partial charge < -0.3 is 11.1 Å². The number of hydrogen-bond acceptors (Lipinski definition) is 6. The van der Waals surface area contributed by atoms with Gasteiger partial charge in [0.1, 0.15) is 6.33 Å². The molecule has 2 aromatic heterocycles. The van der Waals surface area contributed by atoms with E-state index in [1.807, 2.05) is 24.3 Å². The molecule has 0 saturated carbocycles. The Balaban J connectivity index is 1.97. The molecule has 20 heavy (non-hydrogen) atoms. The summed E-state index contributed by atoms with van der Waals surface area (Å²) in [5, 5.41) is 3.09. The molecule has 0 aliphatic heterocycles. The van der Waals surface area contributed by atoms with Crippen molar-refractivity contribution in [2.45, 2.75) is 0 Å². The molecule has 0 unspecified atom stereocenters. The minimum absolute atomic E-state index is 0.137. The molecule has 3 aromatic rings. The first-order valence-electron chi connectivity index (χ1n) is 5.74. The molecule has 0 radical (unpaired) electrons. The van der Waals surface area contributed by atoms with E-state index in [1.54, 1.807) is 23.3 Å². The highest BCUT2D eigenvalue weighted by Crippen LogP contribution is 2.24. The highest BCUT2D eigenvalue weighted by Gasteiger charge is 2.07. The Hall–Kier alpha value is -2.48. The van der Waals surface area contributed by atoms with Gasteiger partial charge in [0.2, 0.25) is 17.8 Å². The van der Waals surface area contributed by atoms with Crippen LogP contribution in [0.2, 0.25) is 0 Å². The molecule has 7 nitrogen and oxygen atoms in total. The molecule has 2 heterocycles. The van der Waals surface area contributed by atoms with Crippen LogP contribution in [0.15, 0.2) is 47.5 Å². The summed E-state index contributed by atoms with van der Waals surface area (Å²) in [5.41, 5.74) is 6.55. The monoisotopic (exact) mass is 331 g/mol. The van der Waals surface area contributed by atoms with Crippen LogP contribution < -0.4 is 11.1 Å². The van der Waals surface area contributed by atoms with Gasteiger partial charge >= 0.3 is 0 Å². The fourth-order valence-corrected chi connectivity index (χ4v) is 2.00. The standard InChI is InChI=1S/C12H10BrN7/c13-8-3-1-2-4-9(8)16-11-17-10(14)18-12(19-11)20-6-5-15-7-20/h1-7H,(H3,14,16,17,18,19). The van der Waals surface area contributed by atoms with Gasteiger partial charge in [-0.25, -0.2) is 4.98 Å². The molecule has 3 rings (SSSR count).